The topological polar surface area (TPSA) is 3.24 Å². The largest absolute Gasteiger partial charge is 0.303 e. The van der Waals surface area contributed by atoms with Crippen LogP contribution in [0.1, 0.15) is 46.5 Å². The lowest BCUT2D eigenvalue weighted by Crippen LogP contribution is -2.30. The van der Waals surface area contributed by atoms with E-state index in [9.17, 15) is 0 Å². The van der Waals surface area contributed by atoms with Crippen molar-refractivity contribution in [2.24, 2.45) is 5.92 Å². The van der Waals surface area contributed by atoms with E-state index in [0.717, 1.165) is 12.3 Å². The van der Waals surface area contributed by atoms with Gasteiger partial charge in [0.05, 0.1) is 0 Å². The summed E-state index contributed by atoms with van der Waals surface area (Å²) in [7, 11) is 0. The van der Waals surface area contributed by atoms with Crippen LogP contribution in [0, 0.1) is 5.92 Å². The Morgan fingerprint density at radius 2 is 1.79 bits per heavy atom. The van der Waals surface area contributed by atoms with Crippen LogP contribution in [0.15, 0.2) is 12.7 Å². The molecule has 1 heteroatoms. The van der Waals surface area contributed by atoms with Crippen LogP contribution in [0.25, 0.3) is 0 Å². The average Bonchev–Trinajstić information content (AvgIpc) is 2.15. The molecule has 0 heterocycles. The lowest BCUT2D eigenvalue weighted by Gasteiger charge is -2.24. The summed E-state index contributed by atoms with van der Waals surface area (Å²) in [4.78, 5) is 2.59. The summed E-state index contributed by atoms with van der Waals surface area (Å²) in [6.07, 6.45) is 7.02. The second-order valence-corrected chi connectivity index (χ2v) is 4.27. The van der Waals surface area contributed by atoms with Crippen LogP contribution in [0.3, 0.4) is 0 Å². The first-order chi connectivity index (χ1) is 6.74. The Labute approximate surface area is 90.2 Å². The van der Waals surface area contributed by atoms with E-state index in [4.69, 9.17) is 0 Å². The SMILES string of the molecule is C=CCCC(C)CN(CCC)CCC. The molecule has 0 bridgehead atoms. The van der Waals surface area contributed by atoms with Gasteiger partial charge in [0.15, 0.2) is 0 Å². The van der Waals surface area contributed by atoms with Crippen LogP contribution in [0.5, 0.6) is 0 Å². The zero-order valence-electron chi connectivity index (χ0n) is 10.3. The lowest BCUT2D eigenvalue weighted by molar-refractivity contribution is 0.233. The van der Waals surface area contributed by atoms with Crippen LogP contribution in [0.4, 0.5) is 0 Å². The molecular formula is C13H27N. The molecule has 1 unspecified atom stereocenters. The Morgan fingerprint density at radius 3 is 2.21 bits per heavy atom. The molecule has 0 aliphatic rings. The number of allylic oxidation sites excluding steroid dienone is 1. The molecule has 0 saturated heterocycles. The van der Waals surface area contributed by atoms with E-state index in [2.05, 4.69) is 32.3 Å². The van der Waals surface area contributed by atoms with E-state index in [1.807, 2.05) is 6.08 Å². The molecule has 0 fully saturated rings. The Balaban J connectivity index is 3.69. The maximum atomic E-state index is 3.77. The molecule has 0 amide bonds. The molecule has 14 heavy (non-hydrogen) atoms. The van der Waals surface area contributed by atoms with Gasteiger partial charge in [-0.1, -0.05) is 26.8 Å². The van der Waals surface area contributed by atoms with Gasteiger partial charge in [-0.2, -0.15) is 0 Å². The minimum atomic E-state index is 0.811. The van der Waals surface area contributed by atoms with Crippen molar-refractivity contribution < 1.29 is 0 Å². The van der Waals surface area contributed by atoms with Gasteiger partial charge < -0.3 is 4.90 Å². The van der Waals surface area contributed by atoms with Gasteiger partial charge in [0, 0.05) is 6.54 Å². The Morgan fingerprint density at radius 1 is 1.21 bits per heavy atom. The highest BCUT2D eigenvalue weighted by molar-refractivity contribution is 4.70. The standard InChI is InChI=1S/C13H27N/c1-5-8-9-13(4)12-14(10-6-2)11-7-3/h5,13H,1,6-12H2,2-4H3. The van der Waals surface area contributed by atoms with Gasteiger partial charge >= 0.3 is 0 Å². The van der Waals surface area contributed by atoms with Crippen molar-refractivity contribution in [1.82, 2.24) is 4.90 Å². The van der Waals surface area contributed by atoms with Crippen LogP contribution in [0.2, 0.25) is 0 Å². The molecule has 0 aromatic carbocycles. The molecule has 0 rings (SSSR count). The minimum absolute atomic E-state index is 0.811. The summed E-state index contributed by atoms with van der Waals surface area (Å²) in [5.74, 6) is 0.811. The van der Waals surface area contributed by atoms with E-state index in [1.165, 1.54) is 38.9 Å². The summed E-state index contributed by atoms with van der Waals surface area (Å²) in [5, 5.41) is 0. The Kier molecular flexibility index (Phi) is 9.06. The average molecular weight is 197 g/mol. The van der Waals surface area contributed by atoms with Gasteiger partial charge in [0.1, 0.15) is 0 Å². The van der Waals surface area contributed by atoms with E-state index in [1.54, 1.807) is 0 Å². The number of nitrogens with zero attached hydrogens (tertiary/aromatic N) is 1. The molecule has 1 nitrogen and oxygen atoms in total. The smallest absolute Gasteiger partial charge is 0.000712 e. The summed E-state index contributed by atoms with van der Waals surface area (Å²) < 4.78 is 0. The zero-order chi connectivity index (χ0) is 10.8. The zero-order valence-corrected chi connectivity index (χ0v) is 10.3. The summed E-state index contributed by atoms with van der Waals surface area (Å²) in [6.45, 7) is 14.4. The minimum Gasteiger partial charge on any atom is -0.303 e. The van der Waals surface area contributed by atoms with E-state index in [0.29, 0.717) is 0 Å². The molecule has 1 atom stereocenters. The highest BCUT2D eigenvalue weighted by atomic mass is 15.1. The van der Waals surface area contributed by atoms with Crippen LogP contribution in [-0.2, 0) is 0 Å². The van der Waals surface area contributed by atoms with Crippen molar-refractivity contribution in [3.05, 3.63) is 12.7 Å². The van der Waals surface area contributed by atoms with Gasteiger partial charge in [-0.15, -0.1) is 6.58 Å². The fourth-order valence-corrected chi connectivity index (χ4v) is 1.86. The first kappa shape index (κ1) is 13.7. The molecule has 0 aromatic heterocycles. The van der Waals surface area contributed by atoms with Gasteiger partial charge in [0.25, 0.3) is 0 Å². The fraction of sp³-hybridized carbons (Fsp3) is 0.846. The molecule has 0 aromatic rings. The van der Waals surface area contributed by atoms with Gasteiger partial charge in [0.2, 0.25) is 0 Å². The number of hydrogen-bond donors (Lipinski definition) is 0. The van der Waals surface area contributed by atoms with Gasteiger partial charge in [-0.05, 0) is 44.7 Å². The number of hydrogen-bond acceptors (Lipinski definition) is 1. The van der Waals surface area contributed by atoms with E-state index in [-0.39, 0.29) is 0 Å². The molecule has 0 aliphatic heterocycles. The van der Waals surface area contributed by atoms with Crippen molar-refractivity contribution in [2.45, 2.75) is 46.5 Å². The third-order valence-corrected chi connectivity index (χ3v) is 2.51. The van der Waals surface area contributed by atoms with Crippen LogP contribution < -0.4 is 0 Å². The molecule has 0 radical (unpaired) electrons. The Bertz CT molecular complexity index is 125. The highest BCUT2D eigenvalue weighted by Crippen LogP contribution is 2.09. The lowest BCUT2D eigenvalue weighted by atomic mass is 10.0. The first-order valence-electron chi connectivity index (χ1n) is 6.07. The first-order valence-corrected chi connectivity index (χ1v) is 6.07. The maximum Gasteiger partial charge on any atom is 0.000712 e. The Hall–Kier alpha value is -0.300. The summed E-state index contributed by atoms with van der Waals surface area (Å²) >= 11 is 0. The predicted octanol–water partition coefficient (Wildman–Crippen LogP) is 3.71. The van der Waals surface area contributed by atoms with E-state index >= 15 is 0 Å². The van der Waals surface area contributed by atoms with E-state index < -0.39 is 0 Å². The molecule has 84 valence electrons. The summed E-state index contributed by atoms with van der Waals surface area (Å²) in [5.41, 5.74) is 0. The molecule has 0 N–H and O–H groups in total. The third-order valence-electron chi connectivity index (χ3n) is 2.51. The normalized spacial score (nSPS) is 13.1. The van der Waals surface area contributed by atoms with Crippen molar-refractivity contribution in [3.63, 3.8) is 0 Å². The van der Waals surface area contributed by atoms with Crippen molar-refractivity contribution in [3.8, 4) is 0 Å². The third kappa shape index (κ3) is 7.14. The highest BCUT2D eigenvalue weighted by Gasteiger charge is 2.07. The molecule has 0 aliphatic carbocycles. The monoisotopic (exact) mass is 197 g/mol. The van der Waals surface area contributed by atoms with Crippen molar-refractivity contribution in [1.29, 1.82) is 0 Å². The van der Waals surface area contributed by atoms with Crippen LogP contribution in [-0.4, -0.2) is 24.5 Å². The number of rotatable bonds is 9. The summed E-state index contributed by atoms with van der Waals surface area (Å²) in [6, 6.07) is 0. The fourth-order valence-electron chi connectivity index (χ4n) is 1.86. The second-order valence-electron chi connectivity index (χ2n) is 4.27. The van der Waals surface area contributed by atoms with Crippen molar-refractivity contribution in [2.75, 3.05) is 19.6 Å². The molecule has 0 saturated carbocycles. The molecule has 0 spiro atoms. The second kappa shape index (κ2) is 9.26. The van der Waals surface area contributed by atoms with Crippen molar-refractivity contribution >= 4 is 0 Å². The quantitative estimate of drug-likeness (QED) is 0.509. The predicted molar refractivity (Wildman–Crippen MR) is 65.6 cm³/mol. The maximum absolute atomic E-state index is 3.77. The van der Waals surface area contributed by atoms with Gasteiger partial charge in [-0.3, -0.25) is 0 Å². The molecular weight excluding hydrogens is 170 g/mol. The van der Waals surface area contributed by atoms with Crippen LogP contribution >= 0.6 is 0 Å². The van der Waals surface area contributed by atoms with Gasteiger partial charge in [-0.25, -0.2) is 0 Å².